The molecule has 0 aliphatic rings. The molecule has 0 fully saturated rings. The lowest BCUT2D eigenvalue weighted by Crippen LogP contribution is -2.22. The van der Waals surface area contributed by atoms with Gasteiger partial charge in [-0.3, -0.25) is 4.79 Å². The highest BCUT2D eigenvalue weighted by Crippen LogP contribution is 2.41. The maximum absolute atomic E-state index is 13.9. The molecule has 1 heterocycles. The monoisotopic (exact) mass is 477 g/mol. The third-order valence-corrected chi connectivity index (χ3v) is 5.90. The fourth-order valence-electron chi connectivity index (χ4n) is 4.09. The smallest absolute Gasteiger partial charge is 0.244 e. The summed E-state index contributed by atoms with van der Waals surface area (Å²) in [6.07, 6.45) is 3.07. The Morgan fingerprint density at radius 2 is 1.77 bits per heavy atom. The second-order valence-corrected chi connectivity index (χ2v) is 8.09. The van der Waals surface area contributed by atoms with Crippen LogP contribution in [-0.2, 0) is 11.3 Å². The molecule has 0 saturated heterocycles. The lowest BCUT2D eigenvalue weighted by atomic mass is 9.96. The van der Waals surface area contributed by atoms with Crippen molar-refractivity contribution in [2.75, 3.05) is 14.2 Å². The van der Waals surface area contributed by atoms with E-state index in [0.717, 1.165) is 40.0 Å². The van der Waals surface area contributed by atoms with E-state index in [-0.39, 0.29) is 12.1 Å². The van der Waals surface area contributed by atoms with Crippen LogP contribution in [0, 0.1) is 18.6 Å². The quantitative estimate of drug-likeness (QED) is 0.312. The second kappa shape index (κ2) is 10.0. The molecule has 0 spiro atoms. The van der Waals surface area contributed by atoms with Gasteiger partial charge in [-0.2, -0.15) is 0 Å². The molecule has 1 aromatic heterocycles. The van der Waals surface area contributed by atoms with Crippen molar-refractivity contribution in [3.8, 4) is 22.6 Å². The van der Waals surface area contributed by atoms with Gasteiger partial charge < -0.3 is 19.2 Å². The SMILES string of the molecule is COc1cccc(-c2coc3c(C)c(OC)c(/C(C)=C/C(=O)NCc4c(F)cccc4F)cc23)c1. The van der Waals surface area contributed by atoms with Gasteiger partial charge in [0.05, 0.1) is 20.5 Å². The summed E-state index contributed by atoms with van der Waals surface area (Å²) in [5.41, 5.74) is 4.39. The minimum atomic E-state index is -0.709. The van der Waals surface area contributed by atoms with Crippen molar-refractivity contribution in [1.29, 1.82) is 0 Å². The van der Waals surface area contributed by atoms with Crippen molar-refractivity contribution in [1.82, 2.24) is 5.32 Å². The highest BCUT2D eigenvalue weighted by atomic mass is 19.1. The maximum atomic E-state index is 13.9. The standard InChI is InChI=1S/C28H25F2NO4/c1-16(11-26(32)31-14-22-24(29)9-6-10-25(22)30)20-13-21-23(18-7-5-8-19(12-18)33-3)15-35-28(21)17(2)27(20)34-4/h5-13,15H,14H2,1-4H3,(H,31,32)/b16-11+. The molecule has 0 atom stereocenters. The molecule has 35 heavy (non-hydrogen) atoms. The van der Waals surface area contributed by atoms with E-state index in [9.17, 15) is 13.6 Å². The Bertz CT molecular complexity index is 1420. The first-order valence-electron chi connectivity index (χ1n) is 11.0. The Labute approximate surface area is 202 Å². The number of halogens is 2. The van der Waals surface area contributed by atoms with Crippen molar-refractivity contribution in [3.05, 3.63) is 89.2 Å². The minimum absolute atomic E-state index is 0.192. The highest BCUT2D eigenvalue weighted by molar-refractivity contribution is 6.01. The molecule has 1 amide bonds. The van der Waals surface area contributed by atoms with Gasteiger partial charge in [-0.1, -0.05) is 18.2 Å². The Morgan fingerprint density at radius 3 is 2.46 bits per heavy atom. The molecule has 4 rings (SSSR count). The zero-order valence-electron chi connectivity index (χ0n) is 19.9. The molecule has 0 bridgehead atoms. The van der Waals surface area contributed by atoms with E-state index in [4.69, 9.17) is 13.9 Å². The number of fused-ring (bicyclic) bond motifs is 1. The summed E-state index contributed by atoms with van der Waals surface area (Å²) in [6, 6.07) is 13.1. The number of carbonyl (C=O) groups excluding carboxylic acids is 1. The van der Waals surface area contributed by atoms with E-state index in [0.29, 0.717) is 22.5 Å². The van der Waals surface area contributed by atoms with E-state index >= 15 is 0 Å². The van der Waals surface area contributed by atoms with Gasteiger partial charge in [0.25, 0.3) is 0 Å². The third-order valence-electron chi connectivity index (χ3n) is 5.90. The van der Waals surface area contributed by atoms with Gasteiger partial charge in [-0.15, -0.1) is 0 Å². The molecule has 1 N–H and O–H groups in total. The van der Waals surface area contributed by atoms with Crippen molar-refractivity contribution >= 4 is 22.4 Å². The van der Waals surface area contributed by atoms with E-state index in [2.05, 4.69) is 5.32 Å². The van der Waals surface area contributed by atoms with Crippen LogP contribution in [0.15, 0.2) is 65.3 Å². The number of nitrogens with one attached hydrogen (secondary N) is 1. The number of methoxy groups -OCH3 is 2. The summed E-state index contributed by atoms with van der Waals surface area (Å²) in [5, 5.41) is 3.40. The van der Waals surface area contributed by atoms with Crippen molar-refractivity contribution in [2.45, 2.75) is 20.4 Å². The van der Waals surface area contributed by atoms with E-state index in [1.54, 1.807) is 27.4 Å². The topological polar surface area (TPSA) is 60.7 Å². The molecule has 0 saturated carbocycles. The predicted octanol–water partition coefficient (Wildman–Crippen LogP) is 6.42. The molecule has 7 heteroatoms. The molecular weight excluding hydrogens is 452 g/mol. The lowest BCUT2D eigenvalue weighted by Gasteiger charge is -2.13. The van der Waals surface area contributed by atoms with Crippen molar-refractivity contribution in [2.24, 2.45) is 0 Å². The maximum Gasteiger partial charge on any atom is 0.244 e. The predicted molar refractivity (Wildman–Crippen MR) is 131 cm³/mol. The van der Waals surface area contributed by atoms with Gasteiger partial charge in [0.2, 0.25) is 5.91 Å². The minimum Gasteiger partial charge on any atom is -0.497 e. The fraction of sp³-hybridized carbons (Fsp3) is 0.179. The Balaban J connectivity index is 1.70. The summed E-state index contributed by atoms with van der Waals surface area (Å²) in [5.74, 6) is -0.602. The Hall–Kier alpha value is -4.13. The van der Waals surface area contributed by atoms with Crippen LogP contribution >= 0.6 is 0 Å². The van der Waals surface area contributed by atoms with Gasteiger partial charge in [0.15, 0.2) is 0 Å². The fourth-order valence-corrected chi connectivity index (χ4v) is 4.09. The summed E-state index contributed by atoms with van der Waals surface area (Å²) in [4.78, 5) is 12.6. The zero-order chi connectivity index (χ0) is 25.1. The van der Waals surface area contributed by atoms with Crippen molar-refractivity contribution < 1.29 is 27.5 Å². The van der Waals surface area contributed by atoms with Gasteiger partial charge in [0.1, 0.15) is 28.7 Å². The average Bonchev–Trinajstić information content (AvgIpc) is 3.28. The van der Waals surface area contributed by atoms with E-state index in [1.807, 2.05) is 37.3 Å². The molecule has 0 aliphatic carbocycles. The summed E-state index contributed by atoms with van der Waals surface area (Å²) < 4.78 is 44.6. The molecule has 4 aromatic rings. The summed E-state index contributed by atoms with van der Waals surface area (Å²) in [6.45, 7) is 3.40. The number of carbonyl (C=O) groups is 1. The van der Waals surface area contributed by atoms with Crippen LogP contribution < -0.4 is 14.8 Å². The van der Waals surface area contributed by atoms with Gasteiger partial charge in [-0.25, -0.2) is 8.78 Å². The number of amides is 1. The Morgan fingerprint density at radius 1 is 1.06 bits per heavy atom. The molecular formula is C28H25F2NO4. The van der Waals surface area contributed by atoms with Gasteiger partial charge >= 0.3 is 0 Å². The number of aryl methyl sites for hydroxylation is 1. The second-order valence-electron chi connectivity index (χ2n) is 8.09. The van der Waals surface area contributed by atoms with Crippen LogP contribution in [-0.4, -0.2) is 20.1 Å². The zero-order valence-corrected chi connectivity index (χ0v) is 19.9. The number of furan rings is 1. The van der Waals surface area contributed by atoms with E-state index < -0.39 is 17.5 Å². The van der Waals surface area contributed by atoms with Crippen LogP contribution in [0.5, 0.6) is 11.5 Å². The van der Waals surface area contributed by atoms with Crippen LogP contribution in [0.3, 0.4) is 0 Å². The Kier molecular flexibility index (Phi) is 6.87. The van der Waals surface area contributed by atoms with Gasteiger partial charge in [0, 0.05) is 40.3 Å². The number of hydrogen-bond donors (Lipinski definition) is 1. The first-order valence-corrected chi connectivity index (χ1v) is 11.0. The molecule has 3 aromatic carbocycles. The number of allylic oxidation sites excluding steroid dienone is 1. The van der Waals surface area contributed by atoms with Crippen LogP contribution in [0.2, 0.25) is 0 Å². The van der Waals surface area contributed by atoms with E-state index in [1.165, 1.54) is 12.1 Å². The number of ether oxygens (including phenoxy) is 2. The number of hydrogen-bond acceptors (Lipinski definition) is 4. The summed E-state index contributed by atoms with van der Waals surface area (Å²) in [7, 11) is 3.16. The molecule has 5 nitrogen and oxygen atoms in total. The molecule has 180 valence electrons. The normalized spacial score (nSPS) is 11.5. The molecule has 0 aliphatic heterocycles. The van der Waals surface area contributed by atoms with Crippen molar-refractivity contribution in [3.63, 3.8) is 0 Å². The van der Waals surface area contributed by atoms with Crippen LogP contribution in [0.1, 0.15) is 23.6 Å². The highest BCUT2D eigenvalue weighted by Gasteiger charge is 2.19. The van der Waals surface area contributed by atoms with Crippen LogP contribution in [0.25, 0.3) is 27.7 Å². The van der Waals surface area contributed by atoms with Crippen LogP contribution in [0.4, 0.5) is 8.78 Å². The first kappa shape index (κ1) is 24.0. The largest absolute Gasteiger partial charge is 0.497 e. The average molecular weight is 478 g/mol. The lowest BCUT2D eigenvalue weighted by molar-refractivity contribution is -0.116. The number of rotatable bonds is 7. The molecule has 0 radical (unpaired) electrons. The third kappa shape index (κ3) is 4.75. The first-order chi connectivity index (χ1) is 16.8. The summed E-state index contributed by atoms with van der Waals surface area (Å²) >= 11 is 0. The van der Waals surface area contributed by atoms with Gasteiger partial charge in [-0.05, 0) is 55.3 Å². The molecule has 0 unspecified atom stereocenters. The number of benzene rings is 3.